The smallest absolute Gasteiger partial charge is 0.236 e. The maximum absolute atomic E-state index is 14.0. The highest BCUT2D eigenvalue weighted by Gasteiger charge is 2.33. The topological polar surface area (TPSA) is 43.9 Å². The molecule has 1 aromatic heterocycles. The second kappa shape index (κ2) is 9.94. The van der Waals surface area contributed by atoms with Crippen molar-refractivity contribution in [2.45, 2.75) is 46.1 Å². The number of carbonyl (C=O) groups is 2. The first kappa shape index (κ1) is 23.9. The number of nitrogens with zero attached hydrogens (tertiary/aromatic N) is 3. The zero-order chi connectivity index (χ0) is 23.6. The summed E-state index contributed by atoms with van der Waals surface area (Å²) in [7, 11) is 0. The summed E-state index contributed by atoms with van der Waals surface area (Å²) in [6, 6.07) is 8.72. The molecule has 1 fully saturated rings. The molecule has 3 heterocycles. The quantitative estimate of drug-likeness (QED) is 0.667. The molecule has 33 heavy (non-hydrogen) atoms. The normalized spacial score (nSPS) is 19.8. The van der Waals surface area contributed by atoms with E-state index in [1.54, 1.807) is 23.5 Å². The summed E-state index contributed by atoms with van der Waals surface area (Å²) in [4.78, 5) is 33.3. The van der Waals surface area contributed by atoms with Crippen LogP contribution in [0.2, 0.25) is 0 Å². The van der Waals surface area contributed by atoms with Gasteiger partial charge >= 0.3 is 0 Å². The number of thiophene rings is 1. The van der Waals surface area contributed by atoms with E-state index in [2.05, 4.69) is 37.1 Å². The van der Waals surface area contributed by atoms with Crippen molar-refractivity contribution in [2.75, 3.05) is 39.3 Å². The Morgan fingerprint density at radius 2 is 1.76 bits per heavy atom. The molecule has 2 aromatic rings. The number of amides is 2. The summed E-state index contributed by atoms with van der Waals surface area (Å²) in [5.74, 6) is -0.00199. The van der Waals surface area contributed by atoms with E-state index < -0.39 is 0 Å². The van der Waals surface area contributed by atoms with Gasteiger partial charge in [0.25, 0.3) is 0 Å². The summed E-state index contributed by atoms with van der Waals surface area (Å²) < 4.78 is 14.0. The van der Waals surface area contributed by atoms with Crippen LogP contribution in [0.5, 0.6) is 0 Å². The van der Waals surface area contributed by atoms with Crippen molar-refractivity contribution in [3.63, 3.8) is 0 Å². The lowest BCUT2D eigenvalue weighted by molar-refractivity contribution is -0.135. The number of halogens is 1. The maximum atomic E-state index is 14.0. The van der Waals surface area contributed by atoms with Crippen molar-refractivity contribution < 1.29 is 14.0 Å². The molecular weight excluding hydrogens is 437 g/mol. The van der Waals surface area contributed by atoms with Crippen molar-refractivity contribution >= 4 is 23.2 Å². The van der Waals surface area contributed by atoms with Gasteiger partial charge < -0.3 is 9.80 Å². The summed E-state index contributed by atoms with van der Waals surface area (Å²) in [6.45, 7) is 9.81. The standard InChI is InChI=1S/C26H34FN3O2S/c1-26(2,3)17-23(31)28-10-5-11-29(14-13-28)24(32)18-30-12-8-22-21(9-15-33-22)25(30)19-6-4-7-20(27)16-19/h4,6-7,9,15-16,25H,5,8,10-14,17-18H2,1-3H3. The first-order valence-corrected chi connectivity index (χ1v) is 12.7. The summed E-state index contributed by atoms with van der Waals surface area (Å²) >= 11 is 1.73. The molecule has 0 bridgehead atoms. The second-order valence-electron chi connectivity index (χ2n) is 10.3. The Balaban J connectivity index is 1.44. The molecule has 2 aliphatic heterocycles. The van der Waals surface area contributed by atoms with Gasteiger partial charge in [0.2, 0.25) is 11.8 Å². The largest absolute Gasteiger partial charge is 0.341 e. The Morgan fingerprint density at radius 1 is 1.03 bits per heavy atom. The molecule has 0 radical (unpaired) electrons. The third-order valence-electron chi connectivity index (χ3n) is 6.45. The zero-order valence-electron chi connectivity index (χ0n) is 19.8. The lowest BCUT2D eigenvalue weighted by Crippen LogP contribution is -2.45. The van der Waals surface area contributed by atoms with E-state index in [9.17, 15) is 14.0 Å². The van der Waals surface area contributed by atoms with Gasteiger partial charge in [0.1, 0.15) is 5.82 Å². The Bertz CT molecular complexity index is 999. The Morgan fingerprint density at radius 3 is 2.45 bits per heavy atom. The zero-order valence-corrected chi connectivity index (χ0v) is 20.7. The van der Waals surface area contributed by atoms with E-state index in [-0.39, 0.29) is 29.1 Å². The average Bonchev–Trinajstić information content (AvgIpc) is 3.07. The summed E-state index contributed by atoms with van der Waals surface area (Å²) in [5.41, 5.74) is 2.02. The van der Waals surface area contributed by atoms with Crippen LogP contribution in [0.3, 0.4) is 0 Å². The van der Waals surface area contributed by atoms with Gasteiger partial charge in [-0.1, -0.05) is 32.9 Å². The molecule has 178 valence electrons. The molecule has 1 saturated heterocycles. The van der Waals surface area contributed by atoms with Gasteiger partial charge in [-0.2, -0.15) is 0 Å². The number of hydrogen-bond donors (Lipinski definition) is 0. The fraction of sp³-hybridized carbons (Fsp3) is 0.538. The van der Waals surface area contributed by atoms with Crippen molar-refractivity contribution in [2.24, 2.45) is 5.41 Å². The van der Waals surface area contributed by atoms with Gasteiger partial charge in [-0.3, -0.25) is 14.5 Å². The van der Waals surface area contributed by atoms with Crippen LogP contribution in [0.4, 0.5) is 4.39 Å². The molecule has 0 aliphatic carbocycles. The third kappa shape index (κ3) is 5.82. The van der Waals surface area contributed by atoms with Crippen LogP contribution >= 0.6 is 11.3 Å². The molecule has 5 nitrogen and oxygen atoms in total. The summed E-state index contributed by atoms with van der Waals surface area (Å²) in [6.07, 6.45) is 2.22. The fourth-order valence-electron chi connectivity index (χ4n) is 4.86. The molecule has 7 heteroatoms. The van der Waals surface area contributed by atoms with E-state index in [0.29, 0.717) is 39.1 Å². The van der Waals surface area contributed by atoms with Crippen LogP contribution in [0.15, 0.2) is 35.7 Å². The highest BCUT2D eigenvalue weighted by molar-refractivity contribution is 7.10. The Kier molecular flexibility index (Phi) is 7.19. The summed E-state index contributed by atoms with van der Waals surface area (Å²) in [5, 5.41) is 2.08. The second-order valence-corrected chi connectivity index (χ2v) is 11.3. The van der Waals surface area contributed by atoms with Gasteiger partial charge in [0.05, 0.1) is 12.6 Å². The predicted molar refractivity (Wildman–Crippen MR) is 130 cm³/mol. The predicted octanol–water partition coefficient (Wildman–Crippen LogP) is 4.33. The monoisotopic (exact) mass is 471 g/mol. The first-order valence-electron chi connectivity index (χ1n) is 11.8. The SMILES string of the molecule is CC(C)(C)CC(=O)N1CCCN(C(=O)CN2CCc3sccc3C2c2cccc(F)c2)CC1. The molecule has 0 spiro atoms. The molecular formula is C26H34FN3O2S. The molecule has 4 rings (SSSR count). The highest BCUT2D eigenvalue weighted by atomic mass is 32.1. The highest BCUT2D eigenvalue weighted by Crippen LogP contribution is 2.37. The molecule has 2 aliphatic rings. The van der Waals surface area contributed by atoms with Crippen LogP contribution in [-0.2, 0) is 16.0 Å². The Labute approximate surface area is 200 Å². The number of hydrogen-bond acceptors (Lipinski definition) is 4. The van der Waals surface area contributed by atoms with Crippen molar-refractivity contribution in [3.8, 4) is 0 Å². The van der Waals surface area contributed by atoms with Crippen LogP contribution in [0.25, 0.3) is 0 Å². The van der Waals surface area contributed by atoms with Crippen LogP contribution in [-0.4, -0.2) is 65.8 Å². The maximum Gasteiger partial charge on any atom is 0.236 e. The lowest BCUT2D eigenvalue weighted by atomic mass is 9.91. The molecule has 0 saturated carbocycles. The van der Waals surface area contributed by atoms with E-state index >= 15 is 0 Å². The van der Waals surface area contributed by atoms with E-state index in [1.807, 2.05) is 15.9 Å². The lowest BCUT2D eigenvalue weighted by Gasteiger charge is -2.37. The van der Waals surface area contributed by atoms with Crippen LogP contribution < -0.4 is 0 Å². The van der Waals surface area contributed by atoms with Gasteiger partial charge in [-0.15, -0.1) is 11.3 Å². The fourth-order valence-corrected chi connectivity index (χ4v) is 5.76. The minimum Gasteiger partial charge on any atom is -0.341 e. The van der Waals surface area contributed by atoms with Gasteiger partial charge in [-0.25, -0.2) is 4.39 Å². The van der Waals surface area contributed by atoms with Crippen molar-refractivity contribution in [3.05, 3.63) is 57.5 Å². The van der Waals surface area contributed by atoms with Crippen LogP contribution in [0, 0.1) is 11.2 Å². The molecule has 1 atom stereocenters. The third-order valence-corrected chi connectivity index (χ3v) is 7.45. The Hall–Kier alpha value is -2.25. The van der Waals surface area contributed by atoms with Crippen LogP contribution in [0.1, 0.15) is 55.7 Å². The molecule has 1 unspecified atom stereocenters. The number of fused-ring (bicyclic) bond motifs is 1. The number of benzene rings is 1. The van der Waals surface area contributed by atoms with E-state index in [1.165, 1.54) is 16.5 Å². The number of carbonyl (C=O) groups excluding carboxylic acids is 2. The molecule has 0 N–H and O–H groups in total. The van der Waals surface area contributed by atoms with E-state index in [4.69, 9.17) is 0 Å². The van der Waals surface area contributed by atoms with E-state index in [0.717, 1.165) is 24.9 Å². The van der Waals surface area contributed by atoms with Gasteiger partial charge in [-0.05, 0) is 53.0 Å². The average molecular weight is 472 g/mol. The first-order chi connectivity index (χ1) is 15.7. The number of rotatable bonds is 4. The van der Waals surface area contributed by atoms with Gasteiger partial charge in [0, 0.05) is 44.0 Å². The minimum absolute atomic E-state index is 0.0421. The van der Waals surface area contributed by atoms with Gasteiger partial charge in [0.15, 0.2) is 0 Å². The van der Waals surface area contributed by atoms with Crippen molar-refractivity contribution in [1.29, 1.82) is 0 Å². The minimum atomic E-state index is -0.256. The molecule has 1 aromatic carbocycles. The molecule has 2 amide bonds. The van der Waals surface area contributed by atoms with Crippen molar-refractivity contribution in [1.82, 2.24) is 14.7 Å².